The number of hydrogen-bond donors (Lipinski definition) is 0. The van der Waals surface area contributed by atoms with Gasteiger partial charge in [-0.15, -0.1) is 18.2 Å². The summed E-state index contributed by atoms with van der Waals surface area (Å²) in [6, 6.07) is 0. The molecule has 0 saturated carbocycles. The van der Waals surface area contributed by atoms with Crippen LogP contribution < -0.4 is 29.6 Å². The third kappa shape index (κ3) is 5.17. The Balaban J connectivity index is 0. The fraction of sp³-hybridized carbons (Fsp3) is 0.333. The molecule has 0 amide bonds. The maximum atomic E-state index is 10.6. The van der Waals surface area contributed by atoms with Gasteiger partial charge in [-0.1, -0.05) is 12.2 Å². The number of rotatable bonds is 5. The van der Waals surface area contributed by atoms with Crippen LogP contribution in [0.1, 0.15) is 0 Å². The molecule has 0 spiro atoms. The Bertz CT molecular complexity index is 162. The maximum Gasteiger partial charge on any atom is 1.00 e. The van der Waals surface area contributed by atoms with Crippen LogP contribution in [-0.2, 0) is 0 Å². The fourth-order valence-electron chi connectivity index (χ4n) is 0.564. The summed E-state index contributed by atoms with van der Waals surface area (Å²) in [5.41, 5.74) is 0. The first-order chi connectivity index (χ1) is 5.26. The van der Waals surface area contributed by atoms with Gasteiger partial charge in [-0.2, -0.15) is 0 Å². The topological polar surface area (TPSA) is 64.7 Å². The van der Waals surface area contributed by atoms with Gasteiger partial charge < -0.3 is 10.4 Å². The van der Waals surface area contributed by atoms with E-state index in [2.05, 4.69) is 18.4 Å². The number of hydrazine groups is 1. The first kappa shape index (κ1) is 14.0. The summed E-state index contributed by atoms with van der Waals surface area (Å²) in [6.07, 6.45) is 3.00. The van der Waals surface area contributed by atoms with Gasteiger partial charge in [0.25, 0.3) is 0 Å². The van der Waals surface area contributed by atoms with Gasteiger partial charge in [0.15, 0.2) is 0 Å². The van der Waals surface area contributed by atoms with Crippen molar-refractivity contribution in [2.45, 2.75) is 0 Å². The Morgan fingerprint density at radius 2 is 1.75 bits per heavy atom. The second-order valence-corrected chi connectivity index (χ2v) is 1.78. The van der Waals surface area contributed by atoms with E-state index in [4.69, 9.17) is 0 Å². The van der Waals surface area contributed by atoms with Gasteiger partial charge in [-0.05, 0) is 5.28 Å². The largest absolute Gasteiger partial charge is 1.00 e. The second kappa shape index (κ2) is 8.58. The van der Waals surface area contributed by atoms with E-state index >= 15 is 0 Å². The summed E-state index contributed by atoms with van der Waals surface area (Å²) >= 11 is 0. The summed E-state index contributed by atoms with van der Waals surface area (Å²) in [7, 11) is 0. The predicted molar refractivity (Wildman–Crippen MR) is 41.4 cm³/mol. The molecule has 0 aliphatic heterocycles. The summed E-state index contributed by atoms with van der Waals surface area (Å²) in [4.78, 5) is -0.0244. The molecule has 12 heavy (non-hydrogen) atoms. The molecule has 62 valence electrons. The summed E-state index contributed by atoms with van der Waals surface area (Å²) < 4.78 is 0. The summed E-state index contributed by atoms with van der Waals surface area (Å²) in [5, 5.41) is 23.6. The van der Waals surface area contributed by atoms with Crippen LogP contribution in [0.25, 0.3) is 0 Å². The Hall–Kier alpha value is -0.520. The fourth-order valence-corrected chi connectivity index (χ4v) is 0.564. The molecule has 0 bridgehead atoms. The van der Waals surface area contributed by atoms with Gasteiger partial charge >= 0.3 is 29.6 Å². The molecule has 0 rings (SSSR count). The van der Waals surface area contributed by atoms with Crippen LogP contribution in [0.15, 0.2) is 30.6 Å². The molecule has 0 unspecified atom stereocenters. The first-order valence-electron chi connectivity index (χ1n) is 3.03. The summed E-state index contributed by atoms with van der Waals surface area (Å²) in [5.74, 6) is 0. The normalized spacial score (nSPS) is 9.83. The van der Waals surface area contributed by atoms with Crippen molar-refractivity contribution in [2.75, 3.05) is 13.1 Å². The van der Waals surface area contributed by atoms with Gasteiger partial charge in [0, 0.05) is 4.97 Å². The van der Waals surface area contributed by atoms with Crippen LogP contribution in [0, 0.1) is 10.4 Å². The van der Waals surface area contributed by atoms with Crippen molar-refractivity contribution in [3.63, 3.8) is 0 Å². The van der Waals surface area contributed by atoms with Crippen LogP contribution in [0.4, 0.5) is 0 Å². The molecule has 0 aliphatic carbocycles. The smallest absolute Gasteiger partial charge is 0.737 e. The molecule has 0 heterocycles. The van der Waals surface area contributed by atoms with Gasteiger partial charge in [-0.3, -0.25) is 0 Å². The zero-order chi connectivity index (χ0) is 8.69. The molecule has 0 aromatic carbocycles. The molecule has 0 atom stereocenters. The Morgan fingerprint density at radius 3 is 2.00 bits per heavy atom. The molecular formula is C6H10N3NaO2. The van der Waals surface area contributed by atoms with Crippen LogP contribution in [0.3, 0.4) is 0 Å². The number of hydrogen-bond acceptors (Lipinski definition) is 3. The zero-order valence-corrected chi connectivity index (χ0v) is 9.14. The molecule has 0 radical (unpaired) electrons. The minimum Gasteiger partial charge on any atom is -0.737 e. The van der Waals surface area contributed by atoms with E-state index in [1.54, 1.807) is 0 Å². The van der Waals surface area contributed by atoms with E-state index in [9.17, 15) is 10.4 Å². The minimum atomic E-state index is -0.0244. The van der Waals surface area contributed by atoms with E-state index in [0.29, 0.717) is 0 Å². The molecule has 5 nitrogen and oxygen atoms in total. The van der Waals surface area contributed by atoms with Crippen LogP contribution in [0.5, 0.6) is 0 Å². The molecule has 0 aromatic heterocycles. The van der Waals surface area contributed by atoms with Crippen LogP contribution in [0.2, 0.25) is 0 Å². The third-order valence-electron chi connectivity index (χ3n) is 0.992. The van der Waals surface area contributed by atoms with Crippen LogP contribution in [-0.4, -0.2) is 23.1 Å². The molecule has 0 saturated heterocycles. The van der Waals surface area contributed by atoms with Crippen molar-refractivity contribution >= 4 is 0 Å². The van der Waals surface area contributed by atoms with E-state index < -0.39 is 0 Å². The quantitative estimate of drug-likeness (QED) is 0.162. The zero-order valence-electron chi connectivity index (χ0n) is 7.14. The minimum absolute atomic E-state index is 0. The molecule has 0 aliphatic rings. The standard InChI is InChI=1S/C6H11N3O2.Na/c1-3-5-8(6-4-2)9(11)7-10;/h3-4,10H,1-2,5-6H2;/q;+1/p-1/b9-7-;. The summed E-state index contributed by atoms with van der Waals surface area (Å²) in [6.45, 7) is 7.39. The van der Waals surface area contributed by atoms with Crippen molar-refractivity contribution in [2.24, 2.45) is 5.28 Å². The van der Waals surface area contributed by atoms with E-state index in [0.717, 1.165) is 5.01 Å². The average Bonchev–Trinajstić information content (AvgIpc) is 2.03. The molecule has 0 aromatic rings. The number of nitrogens with zero attached hydrogens (tertiary/aromatic N) is 3. The van der Waals surface area contributed by atoms with Crippen LogP contribution >= 0.6 is 0 Å². The van der Waals surface area contributed by atoms with Gasteiger partial charge in [0.1, 0.15) is 0 Å². The molecule has 0 fully saturated rings. The average molecular weight is 179 g/mol. The van der Waals surface area contributed by atoms with Crippen molar-refractivity contribution in [1.82, 2.24) is 5.01 Å². The van der Waals surface area contributed by atoms with E-state index in [-0.39, 0.29) is 47.6 Å². The van der Waals surface area contributed by atoms with Crippen molar-refractivity contribution in [1.29, 1.82) is 0 Å². The van der Waals surface area contributed by atoms with E-state index in [1.165, 1.54) is 12.2 Å². The first-order valence-corrected chi connectivity index (χ1v) is 3.03. The Labute approximate surface area is 93.5 Å². The maximum absolute atomic E-state index is 10.6. The van der Waals surface area contributed by atoms with Gasteiger partial charge in [0.05, 0.1) is 13.1 Å². The van der Waals surface area contributed by atoms with Crippen molar-refractivity contribution in [3.8, 4) is 0 Å². The SMILES string of the molecule is C=CCN(CC=C)/[N+]([O-])=N/[O-].[Na+]. The molecule has 0 N–H and O–H groups in total. The van der Waals surface area contributed by atoms with Crippen molar-refractivity contribution < 1.29 is 34.5 Å². The third-order valence-corrected chi connectivity index (χ3v) is 0.992. The van der Waals surface area contributed by atoms with Gasteiger partial charge in [0.2, 0.25) is 0 Å². The van der Waals surface area contributed by atoms with Gasteiger partial charge in [-0.25, -0.2) is 0 Å². The Morgan fingerprint density at radius 1 is 1.33 bits per heavy atom. The molecular weight excluding hydrogens is 169 g/mol. The predicted octanol–water partition coefficient (Wildman–Crippen LogP) is -1.96. The molecule has 6 heteroatoms. The van der Waals surface area contributed by atoms with E-state index in [1.807, 2.05) is 0 Å². The monoisotopic (exact) mass is 179 g/mol. The second-order valence-electron chi connectivity index (χ2n) is 1.78. The van der Waals surface area contributed by atoms with Crippen molar-refractivity contribution in [3.05, 3.63) is 35.7 Å². The Kier molecular flexibility index (Phi) is 10.0.